The first-order valence-electron chi connectivity index (χ1n) is 11.2. The van der Waals surface area contributed by atoms with Crippen molar-refractivity contribution in [1.82, 2.24) is 4.57 Å². The lowest BCUT2D eigenvalue weighted by Gasteiger charge is -2.24. The molecule has 1 atom stereocenters. The molecule has 160 valence electrons. The van der Waals surface area contributed by atoms with Crippen molar-refractivity contribution in [2.24, 2.45) is 0 Å². The lowest BCUT2D eigenvalue weighted by Crippen LogP contribution is -2.20. The van der Waals surface area contributed by atoms with Crippen LogP contribution in [0.3, 0.4) is 0 Å². The van der Waals surface area contributed by atoms with E-state index >= 15 is 0 Å². The minimum absolute atomic E-state index is 0.206. The van der Waals surface area contributed by atoms with E-state index < -0.39 is 0 Å². The van der Waals surface area contributed by atoms with Gasteiger partial charge in [-0.05, 0) is 65.3 Å². The molecule has 3 aromatic carbocycles. The van der Waals surface area contributed by atoms with E-state index in [9.17, 15) is 4.79 Å². The highest BCUT2D eigenvalue weighted by Gasteiger charge is 2.31. The Morgan fingerprint density at radius 1 is 0.875 bits per heavy atom. The fourth-order valence-corrected chi connectivity index (χ4v) is 4.99. The number of aromatic nitrogens is 1. The fourth-order valence-electron chi connectivity index (χ4n) is 4.73. The van der Waals surface area contributed by atoms with Gasteiger partial charge < -0.3 is 4.57 Å². The molecule has 0 radical (unpaired) electrons. The molecule has 0 spiro atoms. The van der Waals surface area contributed by atoms with E-state index in [2.05, 4.69) is 113 Å². The summed E-state index contributed by atoms with van der Waals surface area (Å²) in [5, 5.41) is 0. The predicted octanol–water partition coefficient (Wildman–Crippen LogP) is 7.94. The number of ketones is 1. The Balaban J connectivity index is 1.68. The maximum atomic E-state index is 13.3. The van der Waals surface area contributed by atoms with E-state index in [1.54, 1.807) is 0 Å². The number of hydrogen-bond acceptors (Lipinski definition) is 1. The van der Waals surface area contributed by atoms with Crippen molar-refractivity contribution >= 4 is 21.7 Å². The molecule has 2 nitrogen and oxygen atoms in total. The van der Waals surface area contributed by atoms with Crippen molar-refractivity contribution in [2.45, 2.75) is 38.5 Å². The Morgan fingerprint density at radius 3 is 2.22 bits per heavy atom. The molecule has 0 saturated heterocycles. The highest BCUT2D eigenvalue weighted by molar-refractivity contribution is 9.10. The van der Waals surface area contributed by atoms with Crippen LogP contribution >= 0.6 is 15.9 Å². The summed E-state index contributed by atoms with van der Waals surface area (Å²) in [6.07, 6.45) is 1.42. The monoisotopic (exact) mass is 483 g/mol. The molecule has 4 aromatic rings. The van der Waals surface area contributed by atoms with Gasteiger partial charge in [0.1, 0.15) is 0 Å². The van der Waals surface area contributed by atoms with Gasteiger partial charge in [0.05, 0.1) is 5.69 Å². The van der Waals surface area contributed by atoms with Crippen LogP contribution in [0.25, 0.3) is 16.9 Å². The number of rotatable bonds is 4. The van der Waals surface area contributed by atoms with Crippen LogP contribution in [0.5, 0.6) is 0 Å². The Morgan fingerprint density at radius 2 is 1.56 bits per heavy atom. The summed E-state index contributed by atoms with van der Waals surface area (Å²) in [4.78, 5) is 13.3. The number of hydrogen-bond donors (Lipinski definition) is 0. The molecule has 0 fully saturated rings. The molecule has 0 amide bonds. The van der Waals surface area contributed by atoms with E-state index in [0.29, 0.717) is 12.3 Å². The van der Waals surface area contributed by atoms with Crippen LogP contribution in [-0.2, 0) is 6.42 Å². The first-order chi connectivity index (χ1) is 15.5. The predicted molar refractivity (Wildman–Crippen MR) is 135 cm³/mol. The van der Waals surface area contributed by atoms with Crippen LogP contribution < -0.4 is 0 Å². The van der Waals surface area contributed by atoms with Gasteiger partial charge in [-0.15, -0.1) is 0 Å². The number of carbonyl (C=O) groups excluding carboxylic acids is 1. The zero-order chi connectivity index (χ0) is 22.2. The summed E-state index contributed by atoms with van der Waals surface area (Å²) >= 11 is 3.54. The number of fused-ring (bicyclic) bond motifs is 1. The van der Waals surface area contributed by atoms with Crippen LogP contribution in [0.1, 0.15) is 59.3 Å². The molecule has 0 N–H and O–H groups in total. The molecule has 0 aliphatic heterocycles. The first-order valence-corrected chi connectivity index (χ1v) is 12.0. The molecule has 1 aromatic heterocycles. The average Bonchev–Trinajstić information content (AvgIpc) is 3.20. The van der Waals surface area contributed by atoms with Crippen LogP contribution in [0, 0.1) is 0 Å². The third-order valence-corrected chi connectivity index (χ3v) is 7.03. The van der Waals surface area contributed by atoms with Gasteiger partial charge in [0, 0.05) is 27.8 Å². The molecule has 5 rings (SSSR count). The van der Waals surface area contributed by atoms with E-state index in [1.165, 1.54) is 11.1 Å². The molecule has 0 bridgehead atoms. The second-order valence-corrected chi connectivity index (χ2v) is 9.83. The number of halogens is 1. The molecule has 1 aliphatic rings. The van der Waals surface area contributed by atoms with Gasteiger partial charge in [-0.2, -0.15) is 0 Å². The standard InChI is InChI=1S/C29H26BrNO/c1-19(2)20-10-14-25(15-11-20)31-27(22-8-12-24(30)13-9-22)18-26-28(31)16-23(17-29(26)32)21-6-4-3-5-7-21/h3-15,18-19,23H,16-17H2,1-2H3/t23-/m1/s1. The third-order valence-electron chi connectivity index (χ3n) is 6.50. The molecular formula is C29H26BrNO. The zero-order valence-electron chi connectivity index (χ0n) is 18.4. The summed E-state index contributed by atoms with van der Waals surface area (Å²) in [5.41, 5.74) is 7.82. The number of Topliss-reactive ketones (excluding diaryl/α,β-unsaturated/α-hetero) is 1. The van der Waals surface area contributed by atoms with Crippen molar-refractivity contribution in [1.29, 1.82) is 0 Å². The van der Waals surface area contributed by atoms with Gasteiger partial charge in [0.15, 0.2) is 5.78 Å². The number of carbonyl (C=O) groups is 1. The van der Waals surface area contributed by atoms with Crippen molar-refractivity contribution in [3.05, 3.63) is 112 Å². The van der Waals surface area contributed by atoms with Crippen LogP contribution in [-0.4, -0.2) is 10.4 Å². The minimum Gasteiger partial charge on any atom is -0.313 e. The Kier molecular flexibility index (Phi) is 5.60. The molecule has 0 saturated carbocycles. The quantitative estimate of drug-likeness (QED) is 0.288. The van der Waals surface area contributed by atoms with Crippen molar-refractivity contribution in [2.75, 3.05) is 0 Å². The highest BCUT2D eigenvalue weighted by Crippen LogP contribution is 2.39. The van der Waals surface area contributed by atoms with Gasteiger partial charge in [0.2, 0.25) is 0 Å². The van der Waals surface area contributed by atoms with Gasteiger partial charge in [-0.3, -0.25) is 4.79 Å². The second kappa shape index (κ2) is 8.55. The molecule has 1 aliphatic carbocycles. The van der Waals surface area contributed by atoms with Gasteiger partial charge in [-0.25, -0.2) is 0 Å². The van der Waals surface area contributed by atoms with Gasteiger partial charge >= 0.3 is 0 Å². The average molecular weight is 484 g/mol. The number of benzene rings is 3. The largest absolute Gasteiger partial charge is 0.313 e. The second-order valence-electron chi connectivity index (χ2n) is 8.92. The summed E-state index contributed by atoms with van der Waals surface area (Å²) in [6.45, 7) is 4.42. The number of nitrogens with zero attached hydrogens (tertiary/aromatic N) is 1. The fraction of sp³-hybridized carbons (Fsp3) is 0.207. The summed E-state index contributed by atoms with van der Waals surface area (Å²) in [5.74, 6) is 0.922. The third kappa shape index (κ3) is 3.86. The highest BCUT2D eigenvalue weighted by atomic mass is 79.9. The lowest BCUT2D eigenvalue weighted by atomic mass is 9.82. The van der Waals surface area contributed by atoms with E-state index in [-0.39, 0.29) is 11.7 Å². The Hall–Kier alpha value is -2.91. The van der Waals surface area contributed by atoms with Crippen LogP contribution in [0.15, 0.2) is 89.4 Å². The van der Waals surface area contributed by atoms with Crippen molar-refractivity contribution < 1.29 is 4.79 Å². The molecule has 3 heteroatoms. The van der Waals surface area contributed by atoms with Crippen LogP contribution in [0.4, 0.5) is 0 Å². The lowest BCUT2D eigenvalue weighted by molar-refractivity contribution is 0.0963. The van der Waals surface area contributed by atoms with E-state index in [4.69, 9.17) is 0 Å². The van der Waals surface area contributed by atoms with E-state index in [1.807, 2.05) is 6.07 Å². The van der Waals surface area contributed by atoms with Gasteiger partial charge in [-0.1, -0.05) is 84.4 Å². The molecular weight excluding hydrogens is 458 g/mol. The summed E-state index contributed by atoms with van der Waals surface area (Å²) in [7, 11) is 0. The smallest absolute Gasteiger partial charge is 0.165 e. The van der Waals surface area contributed by atoms with Crippen LogP contribution in [0.2, 0.25) is 0 Å². The van der Waals surface area contributed by atoms with Crippen molar-refractivity contribution in [3.63, 3.8) is 0 Å². The summed E-state index contributed by atoms with van der Waals surface area (Å²) in [6, 6.07) is 29.7. The molecule has 1 heterocycles. The normalized spacial score (nSPS) is 15.8. The Labute approximate surface area is 198 Å². The molecule has 0 unspecified atom stereocenters. The maximum Gasteiger partial charge on any atom is 0.165 e. The van der Waals surface area contributed by atoms with Crippen molar-refractivity contribution in [3.8, 4) is 16.9 Å². The SMILES string of the molecule is CC(C)c1ccc(-n2c(-c3ccc(Br)cc3)cc3c2C[C@@H](c2ccccc2)CC3=O)cc1. The maximum absolute atomic E-state index is 13.3. The Bertz CT molecular complexity index is 1250. The molecule has 32 heavy (non-hydrogen) atoms. The van der Waals surface area contributed by atoms with E-state index in [0.717, 1.165) is 39.1 Å². The topological polar surface area (TPSA) is 22.0 Å². The van der Waals surface area contributed by atoms with Gasteiger partial charge in [0.25, 0.3) is 0 Å². The zero-order valence-corrected chi connectivity index (χ0v) is 20.0. The minimum atomic E-state index is 0.206. The summed E-state index contributed by atoms with van der Waals surface area (Å²) < 4.78 is 3.35. The first kappa shape index (κ1) is 21.0.